The number of aryl methyl sites for hydroxylation is 5. The van der Waals surface area contributed by atoms with Gasteiger partial charge in [-0.3, -0.25) is 0 Å². The van der Waals surface area contributed by atoms with Crippen LogP contribution >= 0.6 is 0 Å². The Labute approximate surface area is 766 Å². The Morgan fingerprint density at radius 1 is 0.178 bits per heavy atom. The number of ether oxygens (including phenoxy) is 6. The molecule has 704 valence electrons. The summed E-state index contributed by atoms with van der Waals surface area (Å²) in [4.78, 5) is 0. The van der Waals surface area contributed by atoms with Crippen molar-refractivity contribution < 1.29 is 94.3 Å². The van der Waals surface area contributed by atoms with Crippen molar-refractivity contribution in [3.63, 3.8) is 0 Å². The molecule has 0 spiro atoms. The van der Waals surface area contributed by atoms with E-state index in [0.717, 1.165) is 75.3 Å². The average molecular weight is 1870 g/mol. The molecule has 0 unspecified atom stereocenters. The van der Waals surface area contributed by atoms with E-state index in [-0.39, 0.29) is 68.5 Å². The molecule has 0 bridgehead atoms. The maximum atomic E-state index is 13.3. The first-order valence-corrected chi connectivity index (χ1v) is 40.1. The highest BCUT2D eigenvalue weighted by atomic mass is 19.4. The van der Waals surface area contributed by atoms with Gasteiger partial charge in [-0.25, -0.2) is 0 Å². The van der Waals surface area contributed by atoms with E-state index in [1.54, 1.807) is 172 Å². The van der Waals surface area contributed by atoms with Gasteiger partial charge in [-0.2, -0.15) is 52.7 Å². The monoisotopic (exact) mass is 1870 g/mol. The first-order chi connectivity index (χ1) is 63.3. The van der Waals surface area contributed by atoms with Crippen molar-refractivity contribution in [2.75, 3.05) is 80.3 Å². The third-order valence-corrected chi connectivity index (χ3v) is 19.0. The van der Waals surface area contributed by atoms with Crippen LogP contribution in [0.25, 0.3) is 33.4 Å². The van der Waals surface area contributed by atoms with Crippen LogP contribution in [0.3, 0.4) is 0 Å². The summed E-state index contributed by atoms with van der Waals surface area (Å²) in [6.45, 7) is 8.98. The lowest BCUT2D eigenvalue weighted by molar-refractivity contribution is -0.274. The molecular formula is C100H93F15N14O6. The van der Waals surface area contributed by atoms with Crippen LogP contribution in [0.2, 0.25) is 0 Å². The van der Waals surface area contributed by atoms with Crippen molar-refractivity contribution in [1.29, 1.82) is 0 Å². The Kier molecular flexibility index (Phi) is 33.4. The van der Waals surface area contributed by atoms with Gasteiger partial charge in [-0.1, -0.05) is 48.5 Å². The van der Waals surface area contributed by atoms with E-state index in [1.807, 2.05) is 56.3 Å². The molecule has 0 aliphatic rings. The average Bonchev–Trinajstić information content (AvgIpc) is 0.822. The maximum Gasteiger partial charge on any atom is 0.573 e. The molecule has 15 aromatic rings. The fourth-order valence-electron chi connectivity index (χ4n) is 12.6. The van der Waals surface area contributed by atoms with Gasteiger partial charge in [-0.05, 0) is 339 Å². The highest BCUT2D eigenvalue weighted by Crippen LogP contribution is 2.46. The third kappa shape index (κ3) is 31.0. The Balaban J connectivity index is 0.000000184. The van der Waals surface area contributed by atoms with Crippen molar-refractivity contribution in [2.24, 2.45) is 0 Å². The second kappa shape index (κ2) is 44.2. The summed E-state index contributed by atoms with van der Waals surface area (Å²) < 4.78 is 226. The normalized spacial score (nSPS) is 11.1. The van der Waals surface area contributed by atoms with E-state index in [2.05, 4.69) is 4.74 Å². The molecule has 0 aromatic heterocycles. The lowest BCUT2D eigenvalue weighted by atomic mass is 9.95. The lowest BCUT2D eigenvalue weighted by Gasteiger charge is -2.15. The summed E-state index contributed by atoms with van der Waals surface area (Å²) in [6.07, 6.45) is -22.9. The molecule has 0 saturated carbocycles. The van der Waals surface area contributed by atoms with Crippen LogP contribution in [0.4, 0.5) is 145 Å². The zero-order valence-electron chi connectivity index (χ0n) is 72.6. The Morgan fingerprint density at radius 3 is 0.689 bits per heavy atom. The van der Waals surface area contributed by atoms with Crippen molar-refractivity contribution in [2.45, 2.75) is 65.7 Å². The highest BCUT2D eigenvalue weighted by Gasteiger charge is 2.39. The molecule has 0 heterocycles. The van der Waals surface area contributed by atoms with Gasteiger partial charge in [0.2, 0.25) is 0 Å². The quantitative estimate of drug-likeness (QED) is 0.0355. The van der Waals surface area contributed by atoms with Gasteiger partial charge < -0.3 is 109 Å². The summed E-state index contributed by atoms with van der Waals surface area (Å²) in [6, 6.07) is 78.2. The van der Waals surface area contributed by atoms with Crippen molar-refractivity contribution in [1.82, 2.24) is 0 Å². The number of nitrogen functional groups attached to an aromatic ring is 14. The first-order valence-electron chi connectivity index (χ1n) is 40.1. The van der Waals surface area contributed by atoms with Gasteiger partial charge >= 0.3 is 31.1 Å². The Hall–Kier alpha value is -16.8. The first kappa shape index (κ1) is 102. The standard InChI is InChI=1S/C26H21F3N2O2.C20H17F3N2O2.2C14H13F3N2O.C14H13F3N2.2C6H8N2/c1-16-14-19(30)6-12-24(16)32-21-8-2-17(3-9-21)18-4-10-22(11-5-18)33-25-13-7-20(31)15-23(25)26(27,28)29;1-12-10-13(24)2-8-18(12)26-15-4-6-16(7-5-15)27-19-9-3-14(25)11-17(19)20(21,22)23;1-8-6-9(18)2-4-12(8)20-13-5-3-10(19)7-11(13)14(15,16)17;1-8-6-9(18)2-4-11(8)12-5-3-10(19)7-13(12)20-14(15,16)17;1-8-6-9(18)2-4-11(8)12-5-3-10(19)7-13(12)14(15,16)17;7-5-1-2-6(8)4-3-5;7-5-2-1-3-6(8)4-5/h2-15H,30-31H2,1H3;2-11H,24-25H2,1H3;2*2-7H,18-19H2,1H3;2-7H,18-19H2,1H3;2*1-4H,7-8H2. The number of benzene rings is 15. The maximum absolute atomic E-state index is 13.3. The molecule has 15 rings (SSSR count). The van der Waals surface area contributed by atoms with E-state index in [1.165, 1.54) is 78.9 Å². The minimum absolute atomic E-state index is 0.0114. The van der Waals surface area contributed by atoms with Gasteiger partial charge in [0, 0.05) is 91.3 Å². The van der Waals surface area contributed by atoms with Crippen LogP contribution in [0.5, 0.6) is 63.2 Å². The second-order valence-electron chi connectivity index (χ2n) is 30.0. The Morgan fingerprint density at radius 2 is 0.400 bits per heavy atom. The number of nitrogens with two attached hydrogens (primary N) is 14. The SMILES string of the molecule is Cc1cc(N)ccc1-c1ccc(N)cc1C(F)(F)F.Cc1cc(N)ccc1-c1ccc(N)cc1OC(F)(F)F.Cc1cc(N)ccc1Oc1ccc(-c2ccc(Oc3ccc(N)cc3C(F)(F)F)cc2)cc1.Cc1cc(N)ccc1Oc1ccc(N)cc1C(F)(F)F.Cc1cc(N)ccc1Oc1ccc(Oc2ccc(N)cc2C(F)(F)F)cc1.Nc1ccc(N)cc1.Nc1cccc(N)c1. The predicted molar refractivity (Wildman–Crippen MR) is 506 cm³/mol. The van der Waals surface area contributed by atoms with Crippen LogP contribution in [-0.2, 0) is 24.7 Å². The predicted octanol–water partition coefficient (Wildman–Crippen LogP) is 26.4. The summed E-state index contributed by atoms with van der Waals surface area (Å²) in [5.74, 6) is 2.15. The summed E-state index contributed by atoms with van der Waals surface area (Å²) in [5, 5.41) is 0. The molecule has 15 aromatic carbocycles. The Bertz CT molecular complexity index is 6510. The second-order valence-corrected chi connectivity index (χ2v) is 30.0. The van der Waals surface area contributed by atoms with Gasteiger partial charge in [0.05, 0.1) is 5.56 Å². The molecule has 0 aliphatic heterocycles. The number of hydrogen-bond acceptors (Lipinski definition) is 20. The zero-order valence-corrected chi connectivity index (χ0v) is 72.6. The molecule has 28 N–H and O–H groups in total. The van der Waals surface area contributed by atoms with E-state index < -0.39 is 53.3 Å². The molecule has 0 radical (unpaired) electrons. The van der Waals surface area contributed by atoms with Crippen LogP contribution in [-0.4, -0.2) is 6.36 Å². The van der Waals surface area contributed by atoms with Crippen molar-refractivity contribution in [3.05, 3.63) is 353 Å². The summed E-state index contributed by atoms with van der Waals surface area (Å²) >= 11 is 0. The molecule has 0 aliphatic carbocycles. The van der Waals surface area contributed by atoms with Crippen molar-refractivity contribution >= 4 is 79.6 Å². The highest BCUT2D eigenvalue weighted by molar-refractivity contribution is 5.78. The van der Waals surface area contributed by atoms with E-state index in [4.69, 9.17) is 104 Å². The van der Waals surface area contributed by atoms with E-state index in [9.17, 15) is 65.9 Å². The molecule has 0 atom stereocenters. The fraction of sp³-hybridized carbons (Fsp3) is 0.100. The molecule has 0 saturated heterocycles. The van der Waals surface area contributed by atoms with Crippen molar-refractivity contribution in [3.8, 4) is 96.6 Å². The largest absolute Gasteiger partial charge is 0.573 e. The number of alkyl halides is 15. The smallest absolute Gasteiger partial charge is 0.457 e. The molecule has 0 fully saturated rings. The minimum atomic E-state index is -4.77. The molecular weight excluding hydrogens is 1780 g/mol. The van der Waals surface area contributed by atoms with Gasteiger partial charge in [0.1, 0.15) is 79.9 Å². The fourth-order valence-corrected chi connectivity index (χ4v) is 12.6. The lowest BCUT2D eigenvalue weighted by Crippen LogP contribution is -2.17. The minimum Gasteiger partial charge on any atom is -0.457 e. The third-order valence-electron chi connectivity index (χ3n) is 19.0. The summed E-state index contributed by atoms with van der Waals surface area (Å²) in [5.41, 5.74) is 87.0. The number of hydrogen-bond donors (Lipinski definition) is 14. The van der Waals surface area contributed by atoms with E-state index >= 15 is 0 Å². The van der Waals surface area contributed by atoms with Gasteiger partial charge in [0.25, 0.3) is 0 Å². The topological polar surface area (TPSA) is 420 Å². The molecule has 20 nitrogen and oxygen atoms in total. The molecule has 135 heavy (non-hydrogen) atoms. The van der Waals surface area contributed by atoms with Gasteiger partial charge in [-0.15, -0.1) is 13.2 Å². The molecule has 0 amide bonds. The van der Waals surface area contributed by atoms with Crippen LogP contribution in [0.15, 0.2) is 303 Å². The summed E-state index contributed by atoms with van der Waals surface area (Å²) in [7, 11) is 0. The molecule has 35 heteroatoms. The van der Waals surface area contributed by atoms with Crippen LogP contribution < -0.4 is 109 Å². The number of halogens is 15. The zero-order chi connectivity index (χ0) is 99.2. The van der Waals surface area contributed by atoms with Crippen LogP contribution in [0, 0.1) is 34.6 Å². The van der Waals surface area contributed by atoms with E-state index in [0.29, 0.717) is 90.6 Å². The number of anilines is 14. The van der Waals surface area contributed by atoms with Gasteiger partial charge in [0.15, 0.2) is 0 Å². The van der Waals surface area contributed by atoms with Crippen LogP contribution in [0.1, 0.15) is 50.1 Å². The number of rotatable bonds is 14.